The van der Waals surface area contributed by atoms with E-state index in [0.29, 0.717) is 28.8 Å². The fraction of sp³-hybridized carbons (Fsp3) is 0.120. The first-order valence-corrected chi connectivity index (χ1v) is 11.7. The van der Waals surface area contributed by atoms with Gasteiger partial charge >= 0.3 is 0 Å². The van der Waals surface area contributed by atoms with Crippen LogP contribution in [0.25, 0.3) is 10.8 Å². The van der Waals surface area contributed by atoms with Crippen molar-refractivity contribution in [2.24, 2.45) is 0 Å². The summed E-state index contributed by atoms with van der Waals surface area (Å²) in [5.74, 6) is 0.168. The molecule has 4 aromatic rings. The highest BCUT2D eigenvalue weighted by Crippen LogP contribution is 2.29. The molecule has 8 heteroatoms. The van der Waals surface area contributed by atoms with Gasteiger partial charge in [0.1, 0.15) is 12.3 Å². The van der Waals surface area contributed by atoms with Crippen molar-refractivity contribution < 1.29 is 17.9 Å². The summed E-state index contributed by atoms with van der Waals surface area (Å²) in [5, 5.41) is 4.04. The third-order valence-corrected chi connectivity index (χ3v) is 7.02. The number of methoxy groups -OCH3 is 1. The maximum Gasteiger partial charge on any atom is 0.265 e. The molecule has 0 saturated carbocycles. The first-order chi connectivity index (χ1) is 16.0. The van der Waals surface area contributed by atoms with E-state index in [-0.39, 0.29) is 11.4 Å². The number of hydrogen-bond donors (Lipinski definition) is 1. The van der Waals surface area contributed by atoms with Crippen LogP contribution in [0.2, 0.25) is 0 Å². The van der Waals surface area contributed by atoms with Crippen molar-refractivity contribution in [2.75, 3.05) is 18.0 Å². The Kier molecular flexibility index (Phi) is 6.55. The lowest BCUT2D eigenvalue weighted by Crippen LogP contribution is -2.40. The van der Waals surface area contributed by atoms with Crippen molar-refractivity contribution in [2.45, 2.75) is 11.4 Å². The Labute approximate surface area is 192 Å². The van der Waals surface area contributed by atoms with Gasteiger partial charge in [-0.05, 0) is 42.0 Å². The molecule has 3 aromatic carbocycles. The van der Waals surface area contributed by atoms with Crippen LogP contribution in [-0.2, 0) is 21.4 Å². The van der Waals surface area contributed by atoms with E-state index in [4.69, 9.17) is 4.74 Å². The number of nitrogens with zero attached hydrogens (tertiary/aromatic N) is 2. The van der Waals surface area contributed by atoms with Crippen molar-refractivity contribution in [1.82, 2.24) is 10.3 Å². The fourth-order valence-corrected chi connectivity index (χ4v) is 5.12. The summed E-state index contributed by atoms with van der Waals surface area (Å²) in [6, 6.07) is 22.6. The average Bonchev–Trinajstić information content (AvgIpc) is 2.86. The average molecular weight is 462 g/mol. The predicted molar refractivity (Wildman–Crippen MR) is 128 cm³/mol. The number of hydrogen-bond acceptors (Lipinski definition) is 5. The van der Waals surface area contributed by atoms with Crippen LogP contribution >= 0.6 is 0 Å². The van der Waals surface area contributed by atoms with Crippen LogP contribution in [0.3, 0.4) is 0 Å². The van der Waals surface area contributed by atoms with Gasteiger partial charge in [-0.1, -0.05) is 42.5 Å². The number of anilines is 1. The molecular weight excluding hydrogens is 438 g/mol. The molecule has 7 nitrogen and oxygen atoms in total. The van der Waals surface area contributed by atoms with Crippen molar-refractivity contribution in [3.05, 3.63) is 96.8 Å². The second-order valence-electron chi connectivity index (χ2n) is 7.32. The normalized spacial score (nSPS) is 11.2. The summed E-state index contributed by atoms with van der Waals surface area (Å²) in [7, 11) is -2.54. The molecule has 33 heavy (non-hydrogen) atoms. The van der Waals surface area contributed by atoms with Gasteiger partial charge in [-0.15, -0.1) is 0 Å². The van der Waals surface area contributed by atoms with E-state index < -0.39 is 15.9 Å². The predicted octanol–water partition coefficient (Wildman–Crippen LogP) is 3.76. The van der Waals surface area contributed by atoms with E-state index in [9.17, 15) is 13.2 Å². The van der Waals surface area contributed by atoms with Crippen LogP contribution in [0.15, 0.2) is 96.2 Å². The van der Waals surface area contributed by atoms with Crippen LogP contribution in [0.5, 0.6) is 5.75 Å². The van der Waals surface area contributed by atoms with Crippen LogP contribution in [0.4, 0.5) is 5.69 Å². The zero-order chi connectivity index (χ0) is 23.3. The third-order valence-electron chi connectivity index (χ3n) is 5.19. The number of nitrogens with one attached hydrogen (secondary N) is 1. The molecule has 4 rings (SSSR count). The molecule has 0 bridgehead atoms. The van der Waals surface area contributed by atoms with Crippen molar-refractivity contribution in [3.8, 4) is 5.75 Å². The number of amides is 1. The van der Waals surface area contributed by atoms with E-state index in [0.717, 1.165) is 9.87 Å². The van der Waals surface area contributed by atoms with Gasteiger partial charge in [-0.2, -0.15) is 0 Å². The maximum absolute atomic E-state index is 13.8. The molecule has 1 N–H and O–H groups in total. The van der Waals surface area contributed by atoms with Crippen LogP contribution in [0.1, 0.15) is 5.56 Å². The number of fused-ring (bicyclic) bond motifs is 1. The zero-order valence-corrected chi connectivity index (χ0v) is 18.8. The minimum absolute atomic E-state index is 0.106. The lowest BCUT2D eigenvalue weighted by molar-refractivity contribution is -0.119. The van der Waals surface area contributed by atoms with E-state index in [2.05, 4.69) is 10.3 Å². The molecule has 168 valence electrons. The molecule has 0 aliphatic carbocycles. The first-order valence-electron chi connectivity index (χ1n) is 10.3. The van der Waals surface area contributed by atoms with E-state index in [1.54, 1.807) is 54.9 Å². The molecule has 0 spiro atoms. The molecule has 0 radical (unpaired) electrons. The number of benzene rings is 3. The Morgan fingerprint density at radius 1 is 0.970 bits per heavy atom. The van der Waals surface area contributed by atoms with Crippen molar-refractivity contribution >= 4 is 32.4 Å². The van der Waals surface area contributed by atoms with Crippen LogP contribution in [-0.4, -0.2) is 33.0 Å². The molecular formula is C25H23N3O4S. The van der Waals surface area contributed by atoms with Crippen LogP contribution in [0, 0.1) is 0 Å². The van der Waals surface area contributed by atoms with Crippen molar-refractivity contribution in [3.63, 3.8) is 0 Å². The maximum atomic E-state index is 13.8. The van der Waals surface area contributed by atoms with Gasteiger partial charge in [-0.25, -0.2) is 8.42 Å². The number of ether oxygens (including phenoxy) is 1. The number of pyridine rings is 1. The van der Waals surface area contributed by atoms with Gasteiger partial charge in [0.15, 0.2) is 0 Å². The van der Waals surface area contributed by atoms with Gasteiger partial charge in [0.05, 0.1) is 17.7 Å². The standard InChI is InChI=1S/C25H23N3O4S/c1-32-22-12-10-21(11-13-22)28(18-25(29)27-16-19-6-3-2-4-7-19)33(30,31)24-9-5-8-20-17-26-15-14-23(20)24/h2-15,17H,16,18H2,1H3,(H,27,29). The van der Waals surface area contributed by atoms with Crippen molar-refractivity contribution in [1.29, 1.82) is 0 Å². The van der Waals surface area contributed by atoms with Gasteiger partial charge in [0.2, 0.25) is 5.91 Å². The minimum Gasteiger partial charge on any atom is -0.497 e. The fourth-order valence-electron chi connectivity index (χ4n) is 3.48. The molecule has 0 aliphatic heterocycles. The van der Waals surface area contributed by atoms with Gasteiger partial charge < -0.3 is 10.1 Å². The third kappa shape index (κ3) is 4.96. The van der Waals surface area contributed by atoms with E-state index >= 15 is 0 Å². The summed E-state index contributed by atoms with van der Waals surface area (Å²) >= 11 is 0. The highest BCUT2D eigenvalue weighted by molar-refractivity contribution is 7.93. The quantitative estimate of drug-likeness (QED) is 0.432. The second-order valence-corrected chi connectivity index (χ2v) is 9.16. The highest BCUT2D eigenvalue weighted by Gasteiger charge is 2.28. The van der Waals surface area contributed by atoms with E-state index in [1.807, 2.05) is 30.3 Å². The topological polar surface area (TPSA) is 88.6 Å². The lowest BCUT2D eigenvalue weighted by atomic mass is 10.2. The summed E-state index contributed by atoms with van der Waals surface area (Å²) in [6.45, 7) is -0.0704. The molecule has 0 unspecified atom stereocenters. The number of aromatic nitrogens is 1. The molecule has 1 amide bonds. The Morgan fingerprint density at radius 2 is 1.73 bits per heavy atom. The molecule has 0 atom stereocenters. The zero-order valence-electron chi connectivity index (χ0n) is 18.0. The molecule has 1 heterocycles. The smallest absolute Gasteiger partial charge is 0.265 e. The molecule has 0 saturated heterocycles. The Hall–Kier alpha value is -3.91. The number of carbonyl (C=O) groups is 1. The Morgan fingerprint density at radius 3 is 2.45 bits per heavy atom. The Bertz CT molecular complexity index is 1350. The number of rotatable bonds is 8. The number of sulfonamides is 1. The SMILES string of the molecule is COc1ccc(N(CC(=O)NCc2ccccc2)S(=O)(=O)c2cccc3cnccc23)cc1. The molecule has 1 aromatic heterocycles. The largest absolute Gasteiger partial charge is 0.497 e. The summed E-state index contributed by atoms with van der Waals surface area (Å²) in [6.07, 6.45) is 3.16. The minimum atomic E-state index is -4.07. The monoisotopic (exact) mass is 461 g/mol. The molecule has 0 aliphatic rings. The summed E-state index contributed by atoms with van der Waals surface area (Å²) < 4.78 is 33.9. The van der Waals surface area contributed by atoms with E-state index in [1.165, 1.54) is 13.2 Å². The summed E-state index contributed by atoms with van der Waals surface area (Å²) in [4.78, 5) is 17.0. The second kappa shape index (κ2) is 9.70. The van der Waals surface area contributed by atoms with Crippen LogP contribution < -0.4 is 14.4 Å². The highest BCUT2D eigenvalue weighted by atomic mass is 32.2. The summed E-state index contributed by atoms with van der Waals surface area (Å²) in [5.41, 5.74) is 1.28. The lowest BCUT2D eigenvalue weighted by Gasteiger charge is -2.25. The van der Waals surface area contributed by atoms with Gasteiger partial charge in [0.25, 0.3) is 10.0 Å². The molecule has 0 fully saturated rings. The van der Waals surface area contributed by atoms with Gasteiger partial charge in [-0.3, -0.25) is 14.1 Å². The first kappa shape index (κ1) is 22.3. The van der Waals surface area contributed by atoms with Gasteiger partial charge in [0, 0.05) is 29.7 Å². The Balaban J connectivity index is 1.69. The number of carbonyl (C=O) groups excluding carboxylic acids is 1.